The molecule has 1 rings (SSSR count). The van der Waals surface area contributed by atoms with Crippen LogP contribution in [0.5, 0.6) is 0 Å². The van der Waals surface area contributed by atoms with Gasteiger partial charge in [-0.1, -0.05) is 27.7 Å². The van der Waals surface area contributed by atoms with E-state index in [0.29, 0.717) is 30.5 Å². The molecule has 0 spiro atoms. The second kappa shape index (κ2) is 4.75. The average molecular weight is 212 g/mol. The van der Waals surface area contributed by atoms with E-state index >= 15 is 0 Å². The van der Waals surface area contributed by atoms with Gasteiger partial charge in [-0.2, -0.15) is 0 Å². The maximum absolute atomic E-state index is 10.2. The summed E-state index contributed by atoms with van der Waals surface area (Å²) in [6, 6.07) is 0. The average Bonchev–Trinajstić information content (AvgIpc) is 2.64. The zero-order chi connectivity index (χ0) is 11.5. The molecular formula is C11H20N2O2. The molecule has 0 saturated heterocycles. The lowest BCUT2D eigenvalue weighted by atomic mass is 9.98. The Kier molecular flexibility index (Phi) is 3.85. The van der Waals surface area contributed by atoms with Crippen LogP contribution in [-0.2, 0) is 12.0 Å². The van der Waals surface area contributed by atoms with E-state index in [1.54, 1.807) is 0 Å². The summed E-state index contributed by atoms with van der Waals surface area (Å²) in [5.41, 5.74) is -0.956. The zero-order valence-electron chi connectivity index (χ0n) is 9.95. The molecule has 0 unspecified atom stereocenters. The van der Waals surface area contributed by atoms with Crippen molar-refractivity contribution in [2.45, 2.75) is 52.6 Å². The van der Waals surface area contributed by atoms with E-state index in [0.717, 1.165) is 6.42 Å². The molecule has 0 bridgehead atoms. The lowest BCUT2D eigenvalue weighted by molar-refractivity contribution is 0.000518. The van der Waals surface area contributed by atoms with Gasteiger partial charge in [0.15, 0.2) is 0 Å². The smallest absolute Gasteiger partial charge is 0.247 e. The van der Waals surface area contributed by atoms with Crippen LogP contribution < -0.4 is 0 Å². The number of hydrogen-bond acceptors (Lipinski definition) is 4. The Balaban J connectivity index is 2.83. The fourth-order valence-corrected chi connectivity index (χ4v) is 1.43. The molecule has 15 heavy (non-hydrogen) atoms. The molecule has 1 N–H and O–H groups in total. The molecule has 0 fully saturated rings. The van der Waals surface area contributed by atoms with Gasteiger partial charge in [0, 0.05) is 6.42 Å². The third-order valence-electron chi connectivity index (χ3n) is 2.62. The van der Waals surface area contributed by atoms with Gasteiger partial charge in [0.2, 0.25) is 11.8 Å². The Morgan fingerprint density at radius 2 is 1.87 bits per heavy atom. The molecule has 0 aliphatic rings. The van der Waals surface area contributed by atoms with Crippen LogP contribution in [0.15, 0.2) is 4.42 Å². The highest BCUT2D eigenvalue weighted by molar-refractivity contribution is 4.96. The van der Waals surface area contributed by atoms with E-state index in [2.05, 4.69) is 24.0 Å². The van der Waals surface area contributed by atoms with Gasteiger partial charge in [-0.05, 0) is 18.8 Å². The van der Waals surface area contributed by atoms with Crippen molar-refractivity contribution >= 4 is 0 Å². The second-order valence-electron chi connectivity index (χ2n) is 4.34. The first-order valence-electron chi connectivity index (χ1n) is 5.57. The fraction of sp³-hybridized carbons (Fsp3) is 0.818. The van der Waals surface area contributed by atoms with Crippen LogP contribution in [0.1, 0.15) is 52.3 Å². The van der Waals surface area contributed by atoms with E-state index in [-0.39, 0.29) is 0 Å². The first-order chi connectivity index (χ1) is 7.01. The minimum Gasteiger partial charge on any atom is -0.422 e. The topological polar surface area (TPSA) is 59.2 Å². The van der Waals surface area contributed by atoms with Gasteiger partial charge in [0.1, 0.15) is 5.60 Å². The summed E-state index contributed by atoms with van der Waals surface area (Å²) < 4.78 is 5.47. The highest BCUT2D eigenvalue weighted by Gasteiger charge is 2.31. The third kappa shape index (κ3) is 2.78. The summed E-state index contributed by atoms with van der Waals surface area (Å²) in [4.78, 5) is 0. The fourth-order valence-electron chi connectivity index (χ4n) is 1.43. The molecule has 0 aliphatic carbocycles. The standard InChI is InChI=1S/C11H20N2O2/c1-5-11(14,6-2)10-13-12-9(15-10)7-8(3)4/h8,14H,5-7H2,1-4H3. The maximum Gasteiger partial charge on any atom is 0.247 e. The van der Waals surface area contributed by atoms with E-state index in [1.165, 1.54) is 0 Å². The Hall–Kier alpha value is -0.900. The predicted molar refractivity (Wildman–Crippen MR) is 57.3 cm³/mol. The van der Waals surface area contributed by atoms with E-state index < -0.39 is 5.60 Å². The van der Waals surface area contributed by atoms with Gasteiger partial charge < -0.3 is 9.52 Å². The van der Waals surface area contributed by atoms with Crippen LogP contribution in [-0.4, -0.2) is 15.3 Å². The Morgan fingerprint density at radius 3 is 2.33 bits per heavy atom. The van der Waals surface area contributed by atoms with Crippen molar-refractivity contribution < 1.29 is 9.52 Å². The molecule has 0 saturated carbocycles. The lowest BCUT2D eigenvalue weighted by Gasteiger charge is -2.19. The summed E-state index contributed by atoms with van der Waals surface area (Å²) in [7, 11) is 0. The molecule has 4 nitrogen and oxygen atoms in total. The minimum atomic E-state index is -0.956. The predicted octanol–water partition coefficient (Wildman–Crippen LogP) is 2.28. The van der Waals surface area contributed by atoms with E-state index in [9.17, 15) is 5.11 Å². The molecule has 0 aliphatic heterocycles. The lowest BCUT2D eigenvalue weighted by Crippen LogP contribution is -2.23. The first-order valence-corrected chi connectivity index (χ1v) is 5.57. The minimum absolute atomic E-state index is 0.350. The molecule has 1 aromatic heterocycles. The highest BCUT2D eigenvalue weighted by Crippen LogP contribution is 2.27. The molecule has 1 heterocycles. The van der Waals surface area contributed by atoms with Gasteiger partial charge in [0.05, 0.1) is 0 Å². The van der Waals surface area contributed by atoms with Crippen molar-refractivity contribution in [3.05, 3.63) is 11.8 Å². The van der Waals surface area contributed by atoms with Crippen LogP contribution in [0.2, 0.25) is 0 Å². The highest BCUT2D eigenvalue weighted by atomic mass is 16.4. The van der Waals surface area contributed by atoms with Crippen molar-refractivity contribution in [3.63, 3.8) is 0 Å². The normalized spacial score (nSPS) is 12.4. The van der Waals surface area contributed by atoms with Crippen LogP contribution in [0.3, 0.4) is 0 Å². The first kappa shape index (κ1) is 12.2. The summed E-state index contributed by atoms with van der Waals surface area (Å²) in [6.45, 7) is 8.01. The Bertz CT molecular complexity index is 303. The monoisotopic (exact) mass is 212 g/mol. The van der Waals surface area contributed by atoms with Crippen molar-refractivity contribution in [3.8, 4) is 0 Å². The molecule has 1 aromatic rings. The summed E-state index contributed by atoms with van der Waals surface area (Å²) in [6.07, 6.45) is 1.94. The van der Waals surface area contributed by atoms with Crippen LogP contribution in [0.25, 0.3) is 0 Å². The van der Waals surface area contributed by atoms with Crippen molar-refractivity contribution in [1.29, 1.82) is 0 Å². The number of aromatic nitrogens is 2. The largest absolute Gasteiger partial charge is 0.422 e. The maximum atomic E-state index is 10.2. The Labute approximate surface area is 90.7 Å². The van der Waals surface area contributed by atoms with Gasteiger partial charge in [-0.15, -0.1) is 10.2 Å². The van der Waals surface area contributed by atoms with Gasteiger partial charge in [-0.25, -0.2) is 0 Å². The van der Waals surface area contributed by atoms with E-state index in [1.807, 2.05) is 13.8 Å². The molecule has 0 amide bonds. The van der Waals surface area contributed by atoms with Crippen LogP contribution in [0, 0.1) is 5.92 Å². The SMILES string of the molecule is CCC(O)(CC)c1nnc(CC(C)C)o1. The third-order valence-corrected chi connectivity index (χ3v) is 2.62. The molecule has 4 heteroatoms. The molecular weight excluding hydrogens is 192 g/mol. The van der Waals surface area contributed by atoms with Gasteiger partial charge >= 0.3 is 0 Å². The van der Waals surface area contributed by atoms with Crippen LogP contribution >= 0.6 is 0 Å². The quantitative estimate of drug-likeness (QED) is 0.813. The number of nitrogens with zero attached hydrogens (tertiary/aromatic N) is 2. The molecule has 0 atom stereocenters. The molecule has 0 aromatic carbocycles. The molecule has 86 valence electrons. The van der Waals surface area contributed by atoms with E-state index in [4.69, 9.17) is 4.42 Å². The number of rotatable bonds is 5. The Morgan fingerprint density at radius 1 is 1.27 bits per heavy atom. The second-order valence-corrected chi connectivity index (χ2v) is 4.34. The van der Waals surface area contributed by atoms with Crippen molar-refractivity contribution in [2.24, 2.45) is 5.92 Å². The van der Waals surface area contributed by atoms with Crippen molar-refractivity contribution in [1.82, 2.24) is 10.2 Å². The number of hydrogen-bond donors (Lipinski definition) is 1. The van der Waals surface area contributed by atoms with Crippen LogP contribution in [0.4, 0.5) is 0 Å². The molecule has 0 radical (unpaired) electrons. The van der Waals surface area contributed by atoms with Gasteiger partial charge in [0.25, 0.3) is 0 Å². The summed E-state index contributed by atoms with van der Waals surface area (Å²) in [5.74, 6) is 1.44. The summed E-state index contributed by atoms with van der Waals surface area (Å²) >= 11 is 0. The zero-order valence-corrected chi connectivity index (χ0v) is 9.95. The van der Waals surface area contributed by atoms with Crippen molar-refractivity contribution in [2.75, 3.05) is 0 Å². The summed E-state index contributed by atoms with van der Waals surface area (Å²) in [5, 5.41) is 18.0. The van der Waals surface area contributed by atoms with Gasteiger partial charge in [-0.3, -0.25) is 0 Å². The number of aliphatic hydroxyl groups is 1.